The van der Waals surface area contributed by atoms with Crippen LogP contribution in [0, 0.1) is 20.8 Å². The number of amides is 1. The van der Waals surface area contributed by atoms with Gasteiger partial charge in [-0.15, -0.1) is 0 Å². The maximum absolute atomic E-state index is 13.2. The van der Waals surface area contributed by atoms with E-state index < -0.39 is 0 Å². The van der Waals surface area contributed by atoms with Gasteiger partial charge in [0.25, 0.3) is 5.56 Å². The number of fused-ring (bicyclic) bond motifs is 1. The van der Waals surface area contributed by atoms with Crippen molar-refractivity contribution in [2.24, 2.45) is 0 Å². The van der Waals surface area contributed by atoms with Crippen molar-refractivity contribution < 1.29 is 9.53 Å². The second-order valence-corrected chi connectivity index (χ2v) is 7.07. The van der Waals surface area contributed by atoms with Crippen LogP contribution in [0.3, 0.4) is 0 Å². The molecule has 0 spiro atoms. The summed E-state index contributed by atoms with van der Waals surface area (Å²) in [6.45, 7) is 7.45. The van der Waals surface area contributed by atoms with Gasteiger partial charge in [0.05, 0.1) is 30.3 Å². The summed E-state index contributed by atoms with van der Waals surface area (Å²) in [4.78, 5) is 25.7. The molecule has 0 aliphatic carbocycles. The van der Waals surface area contributed by atoms with Crippen LogP contribution in [0.5, 0.6) is 5.75 Å². The van der Waals surface area contributed by atoms with Gasteiger partial charge >= 0.3 is 0 Å². The largest absolute Gasteiger partial charge is 0.497 e. The third kappa shape index (κ3) is 3.52. The number of aromatic nitrogens is 3. The van der Waals surface area contributed by atoms with Gasteiger partial charge in [-0.3, -0.25) is 9.59 Å². The number of hydrogen-bond donors (Lipinski definition) is 0. The molecular formula is C21H26N4O3. The first-order valence-electron chi connectivity index (χ1n) is 9.23. The first-order valence-corrected chi connectivity index (χ1v) is 9.23. The van der Waals surface area contributed by atoms with Gasteiger partial charge in [0.2, 0.25) is 6.41 Å². The lowest BCUT2D eigenvalue weighted by molar-refractivity contribution is -0.117. The fourth-order valence-corrected chi connectivity index (χ4v) is 3.55. The fraction of sp³-hybridized carbons (Fsp3) is 0.381. The zero-order valence-corrected chi connectivity index (χ0v) is 17.0. The van der Waals surface area contributed by atoms with Crippen LogP contribution in [0.1, 0.15) is 22.5 Å². The van der Waals surface area contributed by atoms with Crippen LogP contribution in [0.25, 0.3) is 10.9 Å². The van der Waals surface area contributed by atoms with E-state index in [1.165, 1.54) is 4.68 Å². The molecule has 2 aromatic heterocycles. The van der Waals surface area contributed by atoms with E-state index in [0.717, 1.165) is 40.2 Å². The van der Waals surface area contributed by atoms with E-state index >= 15 is 0 Å². The average molecular weight is 382 g/mol. The number of benzene rings is 1. The van der Waals surface area contributed by atoms with Crippen molar-refractivity contribution in [3.63, 3.8) is 0 Å². The summed E-state index contributed by atoms with van der Waals surface area (Å²) in [7, 11) is 3.36. The summed E-state index contributed by atoms with van der Waals surface area (Å²) >= 11 is 0. The molecular weight excluding hydrogens is 356 g/mol. The number of methoxy groups -OCH3 is 1. The van der Waals surface area contributed by atoms with Crippen LogP contribution in [-0.4, -0.2) is 46.4 Å². The number of carbonyl (C=O) groups is 1. The maximum atomic E-state index is 13.2. The van der Waals surface area contributed by atoms with E-state index in [1.54, 1.807) is 19.1 Å². The molecule has 0 bridgehead atoms. The minimum absolute atomic E-state index is 0.105. The van der Waals surface area contributed by atoms with Gasteiger partial charge in [-0.2, -0.15) is 5.10 Å². The number of hydrogen-bond acceptors (Lipinski definition) is 4. The van der Waals surface area contributed by atoms with Crippen molar-refractivity contribution in [3.8, 4) is 5.75 Å². The molecule has 1 aromatic carbocycles. The molecule has 1 amide bonds. The molecule has 7 heteroatoms. The highest BCUT2D eigenvalue weighted by molar-refractivity contribution is 5.86. The Hall–Kier alpha value is -3.09. The molecule has 3 aromatic rings. The molecule has 0 radical (unpaired) electrons. The average Bonchev–Trinajstić information content (AvgIpc) is 2.95. The van der Waals surface area contributed by atoms with E-state index in [4.69, 9.17) is 4.74 Å². The van der Waals surface area contributed by atoms with Gasteiger partial charge < -0.3 is 14.2 Å². The van der Waals surface area contributed by atoms with E-state index in [0.29, 0.717) is 25.0 Å². The minimum Gasteiger partial charge on any atom is -0.497 e. The maximum Gasteiger partial charge on any atom is 0.276 e. The predicted octanol–water partition coefficient (Wildman–Crippen LogP) is 2.27. The van der Waals surface area contributed by atoms with Crippen LogP contribution in [-0.2, 0) is 17.9 Å². The lowest BCUT2D eigenvalue weighted by Gasteiger charge is -2.15. The number of likely N-dealkylation sites (N-methyl/N-ethyl adjacent to an activating group) is 1. The van der Waals surface area contributed by atoms with Crippen LogP contribution >= 0.6 is 0 Å². The second-order valence-electron chi connectivity index (χ2n) is 7.07. The lowest BCUT2D eigenvalue weighted by atomic mass is 10.2. The Morgan fingerprint density at radius 2 is 2.00 bits per heavy atom. The van der Waals surface area contributed by atoms with E-state index in [2.05, 4.69) is 9.67 Å². The van der Waals surface area contributed by atoms with Crippen molar-refractivity contribution in [2.75, 3.05) is 20.7 Å². The third-order valence-electron chi connectivity index (χ3n) is 5.21. The molecule has 0 saturated carbocycles. The van der Waals surface area contributed by atoms with Crippen LogP contribution in [0.2, 0.25) is 0 Å². The molecule has 0 aliphatic rings. The molecule has 28 heavy (non-hydrogen) atoms. The molecule has 0 N–H and O–H groups in total. The monoisotopic (exact) mass is 382 g/mol. The normalized spacial score (nSPS) is 11.0. The summed E-state index contributed by atoms with van der Waals surface area (Å²) in [6.07, 6.45) is 0.806. The van der Waals surface area contributed by atoms with Crippen molar-refractivity contribution >= 4 is 17.3 Å². The lowest BCUT2D eigenvalue weighted by Crippen LogP contribution is -2.26. The molecule has 0 saturated heterocycles. The summed E-state index contributed by atoms with van der Waals surface area (Å²) in [6, 6.07) is 7.64. The van der Waals surface area contributed by atoms with Crippen molar-refractivity contribution in [1.29, 1.82) is 0 Å². The van der Waals surface area contributed by atoms with Gasteiger partial charge in [0.1, 0.15) is 5.75 Å². The molecule has 0 unspecified atom stereocenters. The van der Waals surface area contributed by atoms with Gasteiger partial charge in [0, 0.05) is 25.8 Å². The SMILES string of the molecule is COc1cccc(Cn2nc(C)c3c(c(C)c(C)n3CCN(C)C=O)c2=O)c1. The summed E-state index contributed by atoms with van der Waals surface area (Å²) in [5.41, 5.74) is 4.47. The Bertz CT molecular complexity index is 1080. The first-order chi connectivity index (χ1) is 13.4. The topological polar surface area (TPSA) is 69.4 Å². The second kappa shape index (κ2) is 7.88. The number of rotatable bonds is 7. The Morgan fingerprint density at radius 3 is 2.68 bits per heavy atom. The fourth-order valence-electron chi connectivity index (χ4n) is 3.55. The Labute approximate surface area is 164 Å². The standard InChI is InChI=1S/C21H26N4O3/c1-14-16(3)24(10-9-23(4)13-26)20-15(2)22-25(21(27)19(14)20)12-17-7-6-8-18(11-17)28-5/h6-8,11,13H,9-10,12H2,1-5H3. The zero-order valence-electron chi connectivity index (χ0n) is 17.0. The van der Waals surface area contributed by atoms with E-state index in [9.17, 15) is 9.59 Å². The highest BCUT2D eigenvalue weighted by atomic mass is 16.5. The van der Waals surface area contributed by atoms with Crippen molar-refractivity contribution in [3.05, 3.63) is 57.1 Å². The van der Waals surface area contributed by atoms with E-state index in [1.807, 2.05) is 45.0 Å². The molecule has 3 rings (SSSR count). The Balaban J connectivity index is 2.08. The van der Waals surface area contributed by atoms with Gasteiger partial charge in [-0.25, -0.2) is 4.68 Å². The summed E-state index contributed by atoms with van der Waals surface area (Å²) in [5.74, 6) is 0.751. The molecule has 148 valence electrons. The first kappa shape index (κ1) is 19.7. The quantitative estimate of drug-likeness (QED) is 0.588. The van der Waals surface area contributed by atoms with Crippen molar-refractivity contribution in [2.45, 2.75) is 33.9 Å². The van der Waals surface area contributed by atoms with Gasteiger partial charge in [0.15, 0.2) is 0 Å². The summed E-state index contributed by atoms with van der Waals surface area (Å²) in [5, 5.41) is 5.27. The van der Waals surface area contributed by atoms with E-state index in [-0.39, 0.29) is 5.56 Å². The zero-order chi connectivity index (χ0) is 20.4. The molecule has 0 fully saturated rings. The molecule has 2 heterocycles. The minimum atomic E-state index is -0.105. The number of carbonyl (C=O) groups excluding carboxylic acids is 1. The van der Waals surface area contributed by atoms with Crippen LogP contribution in [0.4, 0.5) is 0 Å². The number of ether oxygens (including phenoxy) is 1. The Morgan fingerprint density at radius 1 is 1.25 bits per heavy atom. The highest BCUT2D eigenvalue weighted by Crippen LogP contribution is 2.24. The van der Waals surface area contributed by atoms with Crippen LogP contribution in [0.15, 0.2) is 29.1 Å². The molecule has 0 atom stereocenters. The summed E-state index contributed by atoms with van der Waals surface area (Å²) < 4.78 is 8.87. The molecule has 7 nitrogen and oxygen atoms in total. The third-order valence-corrected chi connectivity index (χ3v) is 5.21. The van der Waals surface area contributed by atoms with Gasteiger partial charge in [-0.1, -0.05) is 12.1 Å². The Kier molecular flexibility index (Phi) is 5.53. The number of aryl methyl sites for hydroxylation is 2. The predicted molar refractivity (Wildman–Crippen MR) is 109 cm³/mol. The number of nitrogens with zero attached hydrogens (tertiary/aromatic N) is 4. The highest BCUT2D eigenvalue weighted by Gasteiger charge is 2.19. The van der Waals surface area contributed by atoms with Crippen molar-refractivity contribution in [1.82, 2.24) is 19.2 Å². The van der Waals surface area contributed by atoms with Gasteiger partial charge in [-0.05, 0) is 44.0 Å². The molecule has 0 aliphatic heterocycles. The smallest absolute Gasteiger partial charge is 0.276 e. The van der Waals surface area contributed by atoms with Crippen LogP contribution < -0.4 is 10.3 Å².